The molecule has 4 rings (SSSR count). The topological polar surface area (TPSA) is 47.9 Å². The average molecular weight is 318 g/mol. The Morgan fingerprint density at radius 1 is 1.26 bits per heavy atom. The third-order valence-electron chi connectivity index (χ3n) is 6.27. The van der Waals surface area contributed by atoms with Gasteiger partial charge in [0.25, 0.3) is 0 Å². The summed E-state index contributed by atoms with van der Waals surface area (Å²) in [6.07, 6.45) is 4.34. The molecule has 23 heavy (non-hydrogen) atoms. The summed E-state index contributed by atoms with van der Waals surface area (Å²) in [6, 6.07) is 1.75. The fourth-order valence-electron chi connectivity index (χ4n) is 4.83. The molecule has 4 heteroatoms. The normalized spacial score (nSPS) is 38.4. The molecule has 0 radical (unpaired) electrons. The van der Waals surface area contributed by atoms with Crippen molar-refractivity contribution in [3.05, 3.63) is 22.8 Å². The number of benzene rings is 1. The fraction of sp³-hybridized carbons (Fsp3) is 0.684. The molecule has 2 heterocycles. The van der Waals surface area contributed by atoms with E-state index < -0.39 is 5.79 Å². The van der Waals surface area contributed by atoms with Gasteiger partial charge in [-0.15, -0.1) is 0 Å². The predicted molar refractivity (Wildman–Crippen MR) is 86.9 cm³/mol. The van der Waals surface area contributed by atoms with E-state index >= 15 is 0 Å². The molecule has 3 aliphatic rings. The predicted octanol–water partition coefficient (Wildman–Crippen LogP) is 4.19. The summed E-state index contributed by atoms with van der Waals surface area (Å²) in [6.45, 7) is 6.29. The van der Waals surface area contributed by atoms with Crippen LogP contribution in [0.3, 0.4) is 0 Å². The first-order chi connectivity index (χ1) is 11.0. The molecule has 0 spiro atoms. The van der Waals surface area contributed by atoms with Crippen LogP contribution in [0.5, 0.6) is 11.5 Å². The second-order valence-corrected chi connectivity index (χ2v) is 7.37. The van der Waals surface area contributed by atoms with Gasteiger partial charge in [0.1, 0.15) is 11.5 Å². The van der Waals surface area contributed by atoms with Gasteiger partial charge >= 0.3 is 0 Å². The summed E-state index contributed by atoms with van der Waals surface area (Å²) in [5.41, 5.74) is 3.31. The van der Waals surface area contributed by atoms with E-state index in [-0.39, 0.29) is 24.0 Å². The van der Waals surface area contributed by atoms with Gasteiger partial charge in [-0.2, -0.15) is 0 Å². The third kappa shape index (κ3) is 1.97. The van der Waals surface area contributed by atoms with Gasteiger partial charge in [-0.3, -0.25) is 0 Å². The molecule has 0 saturated heterocycles. The highest BCUT2D eigenvalue weighted by atomic mass is 16.7. The molecule has 0 amide bonds. The van der Waals surface area contributed by atoms with E-state index in [0.29, 0.717) is 5.75 Å². The first-order valence-corrected chi connectivity index (χ1v) is 8.74. The average Bonchev–Trinajstić information content (AvgIpc) is 2.55. The molecule has 1 saturated carbocycles. The quantitative estimate of drug-likeness (QED) is 0.843. The van der Waals surface area contributed by atoms with Crippen LogP contribution < -0.4 is 4.74 Å². The van der Waals surface area contributed by atoms with E-state index in [1.165, 1.54) is 12.0 Å². The highest BCUT2D eigenvalue weighted by Gasteiger charge is 2.55. The molecule has 2 aliphatic heterocycles. The molecule has 0 aromatic heterocycles. The van der Waals surface area contributed by atoms with Crippen LogP contribution in [0, 0.1) is 12.8 Å². The minimum atomic E-state index is -0.616. The van der Waals surface area contributed by atoms with Crippen molar-refractivity contribution in [3.8, 4) is 11.5 Å². The summed E-state index contributed by atoms with van der Waals surface area (Å²) in [7, 11) is 1.73. The molecule has 0 unspecified atom stereocenters. The van der Waals surface area contributed by atoms with E-state index in [2.05, 4.69) is 13.8 Å². The lowest BCUT2D eigenvalue weighted by molar-refractivity contribution is -0.262. The van der Waals surface area contributed by atoms with Crippen LogP contribution in [-0.2, 0) is 9.47 Å². The highest BCUT2D eigenvalue weighted by Crippen LogP contribution is 2.58. The van der Waals surface area contributed by atoms with Crippen LogP contribution in [0.4, 0.5) is 0 Å². The van der Waals surface area contributed by atoms with Crippen molar-refractivity contribution in [3.63, 3.8) is 0 Å². The molecule has 0 bridgehead atoms. The summed E-state index contributed by atoms with van der Waals surface area (Å²) in [5, 5.41) is 10.4. The first kappa shape index (κ1) is 15.3. The van der Waals surface area contributed by atoms with Crippen molar-refractivity contribution < 1.29 is 19.3 Å². The number of aromatic hydroxyl groups is 1. The molecule has 1 N–H and O–H groups in total. The molecule has 4 nitrogen and oxygen atoms in total. The van der Waals surface area contributed by atoms with Crippen molar-refractivity contribution in [2.45, 2.75) is 70.4 Å². The van der Waals surface area contributed by atoms with Gasteiger partial charge < -0.3 is 19.3 Å². The molecule has 126 valence electrons. The maximum atomic E-state index is 10.4. The van der Waals surface area contributed by atoms with Crippen LogP contribution in [0.15, 0.2) is 6.07 Å². The van der Waals surface area contributed by atoms with Crippen LogP contribution in [-0.4, -0.2) is 24.1 Å². The Bertz CT molecular complexity index is 641. The maximum Gasteiger partial charge on any atom is 0.215 e. The van der Waals surface area contributed by atoms with Crippen molar-refractivity contribution >= 4 is 0 Å². The van der Waals surface area contributed by atoms with E-state index in [0.717, 1.165) is 36.1 Å². The van der Waals surface area contributed by atoms with Crippen LogP contribution >= 0.6 is 0 Å². The van der Waals surface area contributed by atoms with E-state index in [4.69, 9.17) is 14.2 Å². The number of fused-ring (bicyclic) bond motifs is 2. The zero-order valence-electron chi connectivity index (χ0n) is 14.4. The third-order valence-corrected chi connectivity index (χ3v) is 6.27. The van der Waals surface area contributed by atoms with Gasteiger partial charge in [0.15, 0.2) is 0 Å². The SMILES string of the molecule is CO[C@@]12CCCC[C@H]1[C@@H]1O[C@H](C)[C@@H](C)c3c(C)c(O)cc(c31)O2. The second kappa shape index (κ2) is 5.12. The smallest absolute Gasteiger partial charge is 0.215 e. The number of methoxy groups -OCH3 is 1. The molecule has 1 aromatic rings. The number of hydrogen-bond acceptors (Lipinski definition) is 4. The number of phenols is 1. The van der Waals surface area contributed by atoms with Crippen LogP contribution in [0.25, 0.3) is 0 Å². The Hall–Kier alpha value is -1.26. The lowest BCUT2D eigenvalue weighted by Crippen LogP contribution is -2.54. The number of hydrogen-bond donors (Lipinski definition) is 1. The summed E-state index contributed by atoms with van der Waals surface area (Å²) >= 11 is 0. The minimum Gasteiger partial charge on any atom is -0.508 e. The molecular formula is C19H26O4. The van der Waals surface area contributed by atoms with Gasteiger partial charge in [0.2, 0.25) is 5.79 Å². The standard InChI is InChI=1S/C19H26O4/c1-10-12(3)22-18-13-7-5-6-8-19(13,21-4)23-15-9-14(20)11(2)16(10)17(15)18/h9-10,12-13,18,20H,5-8H2,1-4H3/t10-,12-,13+,18+,19-/m1/s1. The second-order valence-electron chi connectivity index (χ2n) is 7.37. The zero-order valence-corrected chi connectivity index (χ0v) is 14.4. The largest absolute Gasteiger partial charge is 0.508 e. The lowest BCUT2D eigenvalue weighted by atomic mass is 9.71. The Balaban J connectivity index is 1.95. The Morgan fingerprint density at radius 2 is 2.04 bits per heavy atom. The van der Waals surface area contributed by atoms with Gasteiger partial charge in [-0.05, 0) is 37.8 Å². The molecule has 1 aromatic carbocycles. The highest BCUT2D eigenvalue weighted by molar-refractivity contribution is 5.56. The van der Waals surface area contributed by atoms with Crippen molar-refractivity contribution in [2.24, 2.45) is 5.92 Å². The molecule has 5 atom stereocenters. The summed E-state index contributed by atoms with van der Waals surface area (Å²) in [5.74, 6) is 0.890. The van der Waals surface area contributed by atoms with Gasteiger partial charge in [-0.1, -0.05) is 13.3 Å². The number of phenolic OH excluding ortho intramolecular Hbond substituents is 1. The van der Waals surface area contributed by atoms with Gasteiger partial charge in [0, 0.05) is 31.1 Å². The maximum absolute atomic E-state index is 10.4. The zero-order chi connectivity index (χ0) is 16.4. The number of rotatable bonds is 1. The molecular weight excluding hydrogens is 292 g/mol. The Kier molecular flexibility index (Phi) is 3.40. The first-order valence-electron chi connectivity index (χ1n) is 8.74. The molecule has 1 fully saturated rings. The van der Waals surface area contributed by atoms with Crippen molar-refractivity contribution in [1.29, 1.82) is 0 Å². The summed E-state index contributed by atoms with van der Waals surface area (Å²) < 4.78 is 18.7. The Labute approximate surface area is 137 Å². The van der Waals surface area contributed by atoms with Gasteiger partial charge in [0.05, 0.1) is 18.1 Å². The van der Waals surface area contributed by atoms with E-state index in [1.54, 1.807) is 13.2 Å². The number of ether oxygens (including phenoxy) is 3. The van der Waals surface area contributed by atoms with Gasteiger partial charge in [-0.25, -0.2) is 0 Å². The van der Waals surface area contributed by atoms with E-state index in [9.17, 15) is 5.11 Å². The van der Waals surface area contributed by atoms with Crippen LogP contribution in [0.1, 0.15) is 68.2 Å². The lowest BCUT2D eigenvalue weighted by Gasteiger charge is -2.53. The summed E-state index contributed by atoms with van der Waals surface area (Å²) in [4.78, 5) is 0. The fourth-order valence-corrected chi connectivity index (χ4v) is 4.83. The van der Waals surface area contributed by atoms with Crippen LogP contribution in [0.2, 0.25) is 0 Å². The van der Waals surface area contributed by atoms with E-state index in [1.807, 2.05) is 6.92 Å². The monoisotopic (exact) mass is 318 g/mol. The Morgan fingerprint density at radius 3 is 2.78 bits per heavy atom. The van der Waals surface area contributed by atoms with Crippen molar-refractivity contribution in [1.82, 2.24) is 0 Å². The van der Waals surface area contributed by atoms with Crippen molar-refractivity contribution in [2.75, 3.05) is 7.11 Å². The minimum absolute atomic E-state index is 0.000463. The molecule has 1 aliphatic carbocycles.